The summed E-state index contributed by atoms with van der Waals surface area (Å²) in [5.74, 6) is -0.0956. The van der Waals surface area contributed by atoms with Gasteiger partial charge in [-0.25, -0.2) is 4.79 Å². The molecule has 0 bridgehead atoms. The Labute approximate surface area is 216 Å². The van der Waals surface area contributed by atoms with Gasteiger partial charge in [0.2, 0.25) is 0 Å². The second-order valence-corrected chi connectivity index (χ2v) is 9.55. The van der Waals surface area contributed by atoms with Crippen molar-refractivity contribution in [3.63, 3.8) is 0 Å². The molecule has 0 spiro atoms. The molecule has 1 aliphatic heterocycles. The Morgan fingerprint density at radius 3 is 2.47 bits per heavy atom. The smallest absolute Gasteiger partial charge is 0.340 e. The SMILES string of the molecule is CCN(CC)CCN1C(=O)[C@@H](OC(=O)c2cccnc2)[C@@H](c2ccc(OC)cc2)Sc2ccccc21. The average molecular weight is 506 g/mol. The first-order chi connectivity index (χ1) is 17.5. The number of ether oxygens (including phenoxy) is 2. The molecule has 2 aromatic carbocycles. The number of fused-ring (bicyclic) bond motifs is 1. The molecular weight excluding hydrogens is 474 g/mol. The lowest BCUT2D eigenvalue weighted by atomic mass is 10.1. The summed E-state index contributed by atoms with van der Waals surface area (Å²) in [5.41, 5.74) is 2.01. The van der Waals surface area contributed by atoms with E-state index in [1.807, 2.05) is 48.5 Å². The summed E-state index contributed by atoms with van der Waals surface area (Å²) >= 11 is 1.53. The number of para-hydroxylation sites is 1. The van der Waals surface area contributed by atoms with Gasteiger partial charge in [0.25, 0.3) is 5.91 Å². The molecule has 0 N–H and O–H groups in total. The van der Waals surface area contributed by atoms with Gasteiger partial charge in [-0.2, -0.15) is 0 Å². The molecule has 1 aromatic heterocycles. The molecule has 0 saturated carbocycles. The van der Waals surface area contributed by atoms with Crippen molar-refractivity contribution in [2.24, 2.45) is 0 Å². The van der Waals surface area contributed by atoms with E-state index in [1.54, 1.807) is 30.3 Å². The molecule has 3 aromatic rings. The van der Waals surface area contributed by atoms with Crippen LogP contribution in [-0.2, 0) is 9.53 Å². The Hall–Kier alpha value is -3.36. The van der Waals surface area contributed by atoms with E-state index < -0.39 is 17.3 Å². The summed E-state index contributed by atoms with van der Waals surface area (Å²) in [5, 5.41) is -0.441. The predicted octanol–water partition coefficient (Wildman–Crippen LogP) is 4.84. The molecule has 36 heavy (non-hydrogen) atoms. The summed E-state index contributed by atoms with van der Waals surface area (Å²) in [6, 6.07) is 18.7. The number of rotatable bonds is 9. The maximum atomic E-state index is 14.1. The van der Waals surface area contributed by atoms with Crippen molar-refractivity contribution in [2.75, 3.05) is 38.2 Å². The standard InChI is InChI=1S/C28H31N3O4S/c1-4-30(5-2)17-18-31-23-10-6-7-11-24(23)36-26(20-12-14-22(34-3)15-13-20)25(27(31)32)35-28(33)21-9-8-16-29-19-21/h6-16,19,25-26H,4-5,17-18H2,1-3H3/t25-,26+/m0/s1. The minimum atomic E-state index is -1.03. The second-order valence-electron chi connectivity index (χ2n) is 8.36. The van der Waals surface area contributed by atoms with Gasteiger partial charge < -0.3 is 19.3 Å². The molecule has 0 radical (unpaired) electrons. The molecule has 0 unspecified atom stereocenters. The van der Waals surface area contributed by atoms with Crippen LogP contribution in [0.25, 0.3) is 0 Å². The molecule has 4 rings (SSSR count). The zero-order valence-corrected chi connectivity index (χ0v) is 21.6. The number of pyridine rings is 1. The van der Waals surface area contributed by atoms with E-state index in [4.69, 9.17) is 9.47 Å². The van der Waals surface area contributed by atoms with Crippen LogP contribution >= 0.6 is 11.8 Å². The van der Waals surface area contributed by atoms with Gasteiger partial charge in [-0.3, -0.25) is 9.78 Å². The van der Waals surface area contributed by atoms with Crippen molar-refractivity contribution in [2.45, 2.75) is 30.1 Å². The second kappa shape index (κ2) is 12.1. The Kier molecular flexibility index (Phi) is 8.61. The monoisotopic (exact) mass is 505 g/mol. The molecule has 7 nitrogen and oxygen atoms in total. The molecule has 0 aliphatic carbocycles. The number of anilines is 1. The van der Waals surface area contributed by atoms with Gasteiger partial charge in [0.1, 0.15) is 5.75 Å². The fourth-order valence-corrected chi connectivity index (χ4v) is 5.53. The van der Waals surface area contributed by atoms with E-state index in [2.05, 4.69) is 23.7 Å². The van der Waals surface area contributed by atoms with Crippen LogP contribution in [0, 0.1) is 0 Å². The quantitative estimate of drug-likeness (QED) is 0.386. The maximum absolute atomic E-state index is 14.1. The third-order valence-electron chi connectivity index (χ3n) is 6.30. The highest BCUT2D eigenvalue weighted by Gasteiger charge is 2.41. The average Bonchev–Trinajstić information content (AvgIpc) is 3.04. The van der Waals surface area contributed by atoms with Crippen LogP contribution in [0.3, 0.4) is 0 Å². The van der Waals surface area contributed by atoms with E-state index in [-0.39, 0.29) is 5.91 Å². The van der Waals surface area contributed by atoms with Crippen molar-refractivity contribution in [1.29, 1.82) is 0 Å². The summed E-state index contributed by atoms with van der Waals surface area (Å²) in [6.07, 6.45) is 2.02. The zero-order chi connectivity index (χ0) is 25.5. The van der Waals surface area contributed by atoms with Crippen LogP contribution in [0.2, 0.25) is 0 Å². The topological polar surface area (TPSA) is 72.0 Å². The normalized spacial score (nSPS) is 17.4. The van der Waals surface area contributed by atoms with E-state index in [0.29, 0.717) is 24.4 Å². The number of esters is 1. The largest absolute Gasteiger partial charge is 0.497 e. The minimum Gasteiger partial charge on any atom is -0.497 e. The first-order valence-electron chi connectivity index (χ1n) is 12.1. The van der Waals surface area contributed by atoms with Crippen molar-refractivity contribution in [3.05, 3.63) is 84.2 Å². The predicted molar refractivity (Wildman–Crippen MR) is 142 cm³/mol. The van der Waals surface area contributed by atoms with Crippen LogP contribution in [-0.4, -0.2) is 61.2 Å². The zero-order valence-electron chi connectivity index (χ0n) is 20.8. The van der Waals surface area contributed by atoms with E-state index in [1.165, 1.54) is 18.0 Å². The van der Waals surface area contributed by atoms with Crippen LogP contribution in [0.15, 0.2) is 78.0 Å². The van der Waals surface area contributed by atoms with Crippen molar-refractivity contribution in [1.82, 2.24) is 9.88 Å². The molecule has 1 amide bonds. The highest BCUT2D eigenvalue weighted by Crippen LogP contribution is 2.47. The third kappa shape index (κ3) is 5.71. The molecular formula is C28H31N3O4S. The van der Waals surface area contributed by atoms with Crippen LogP contribution in [0.5, 0.6) is 5.75 Å². The van der Waals surface area contributed by atoms with Crippen molar-refractivity contribution >= 4 is 29.3 Å². The molecule has 0 fully saturated rings. The van der Waals surface area contributed by atoms with Crippen LogP contribution < -0.4 is 9.64 Å². The number of aromatic nitrogens is 1. The fourth-order valence-electron chi connectivity index (χ4n) is 4.21. The van der Waals surface area contributed by atoms with E-state index >= 15 is 0 Å². The number of likely N-dealkylation sites (N-methyl/N-ethyl adjacent to an activating group) is 1. The minimum absolute atomic E-state index is 0.238. The highest BCUT2D eigenvalue weighted by molar-refractivity contribution is 7.99. The number of nitrogens with zero attached hydrogens (tertiary/aromatic N) is 3. The highest BCUT2D eigenvalue weighted by atomic mass is 32.2. The Balaban J connectivity index is 1.75. The van der Waals surface area contributed by atoms with Gasteiger partial charge in [0.05, 0.1) is 23.6 Å². The first kappa shape index (κ1) is 25.7. The van der Waals surface area contributed by atoms with Gasteiger partial charge >= 0.3 is 5.97 Å². The van der Waals surface area contributed by atoms with Gasteiger partial charge in [0.15, 0.2) is 6.10 Å². The van der Waals surface area contributed by atoms with Crippen LogP contribution in [0.1, 0.15) is 35.0 Å². The number of carbonyl (C=O) groups excluding carboxylic acids is 2. The van der Waals surface area contributed by atoms with Gasteiger partial charge in [-0.05, 0) is 55.1 Å². The molecule has 2 heterocycles. The lowest BCUT2D eigenvalue weighted by Gasteiger charge is -2.29. The molecule has 188 valence electrons. The molecule has 1 aliphatic rings. The van der Waals surface area contributed by atoms with E-state index in [0.717, 1.165) is 29.2 Å². The maximum Gasteiger partial charge on any atom is 0.340 e. The Morgan fingerprint density at radius 2 is 1.81 bits per heavy atom. The Morgan fingerprint density at radius 1 is 1.06 bits per heavy atom. The Bertz CT molecular complexity index is 1170. The molecule has 2 atom stereocenters. The third-order valence-corrected chi connectivity index (χ3v) is 7.68. The number of carbonyl (C=O) groups is 2. The lowest BCUT2D eigenvalue weighted by Crippen LogP contribution is -2.46. The van der Waals surface area contributed by atoms with Crippen LogP contribution in [0.4, 0.5) is 5.69 Å². The molecule has 8 heteroatoms. The number of hydrogen-bond donors (Lipinski definition) is 0. The number of methoxy groups -OCH3 is 1. The fraction of sp³-hybridized carbons (Fsp3) is 0.321. The number of hydrogen-bond acceptors (Lipinski definition) is 7. The van der Waals surface area contributed by atoms with Gasteiger partial charge in [-0.1, -0.05) is 38.1 Å². The van der Waals surface area contributed by atoms with E-state index in [9.17, 15) is 9.59 Å². The van der Waals surface area contributed by atoms with Crippen molar-refractivity contribution in [3.8, 4) is 5.75 Å². The van der Waals surface area contributed by atoms with Gasteiger partial charge in [0, 0.05) is 30.4 Å². The summed E-state index contributed by atoms with van der Waals surface area (Å²) in [4.78, 5) is 36.3. The van der Waals surface area contributed by atoms with Gasteiger partial charge in [-0.15, -0.1) is 11.8 Å². The summed E-state index contributed by atoms with van der Waals surface area (Å²) < 4.78 is 11.3. The number of amides is 1. The summed E-state index contributed by atoms with van der Waals surface area (Å²) in [7, 11) is 1.61. The lowest BCUT2D eigenvalue weighted by molar-refractivity contribution is -0.127. The van der Waals surface area contributed by atoms with Crippen molar-refractivity contribution < 1.29 is 19.1 Å². The number of thioether (sulfide) groups is 1. The first-order valence-corrected chi connectivity index (χ1v) is 13.0. The summed E-state index contributed by atoms with van der Waals surface area (Å²) in [6.45, 7) is 7.21. The number of benzene rings is 2. The molecule has 0 saturated heterocycles.